The Labute approximate surface area is 151 Å². The third-order valence-corrected chi connectivity index (χ3v) is 4.52. The van der Waals surface area contributed by atoms with Crippen LogP contribution in [0.15, 0.2) is 53.1 Å². The van der Waals surface area contributed by atoms with Gasteiger partial charge in [-0.15, -0.1) is 0 Å². The SMILES string of the molecule is CCc1nc(-c2ccc(NC(=O)N3CCCc4ccccc43)cc2)no1. The van der Waals surface area contributed by atoms with Crippen LogP contribution in [0.3, 0.4) is 0 Å². The van der Waals surface area contributed by atoms with Crippen LogP contribution in [0.2, 0.25) is 0 Å². The van der Waals surface area contributed by atoms with E-state index >= 15 is 0 Å². The molecular formula is C20H20N4O2. The van der Waals surface area contributed by atoms with E-state index in [1.54, 1.807) is 4.90 Å². The number of carbonyl (C=O) groups excluding carboxylic acids is 1. The van der Waals surface area contributed by atoms with Gasteiger partial charge in [0.15, 0.2) is 0 Å². The lowest BCUT2D eigenvalue weighted by atomic mass is 10.0. The fourth-order valence-electron chi connectivity index (χ4n) is 3.15. The van der Waals surface area contributed by atoms with Gasteiger partial charge in [-0.05, 0) is 48.7 Å². The van der Waals surface area contributed by atoms with Gasteiger partial charge < -0.3 is 9.84 Å². The number of aromatic nitrogens is 2. The Morgan fingerprint density at radius 3 is 2.77 bits per heavy atom. The van der Waals surface area contributed by atoms with Gasteiger partial charge in [0.25, 0.3) is 0 Å². The minimum Gasteiger partial charge on any atom is -0.339 e. The summed E-state index contributed by atoms with van der Waals surface area (Å²) in [6, 6.07) is 15.4. The second-order valence-corrected chi connectivity index (χ2v) is 6.26. The third kappa shape index (κ3) is 3.18. The van der Waals surface area contributed by atoms with Gasteiger partial charge in [-0.3, -0.25) is 4.90 Å². The quantitative estimate of drug-likeness (QED) is 0.767. The number of hydrogen-bond acceptors (Lipinski definition) is 4. The number of para-hydroxylation sites is 1. The first-order valence-electron chi connectivity index (χ1n) is 8.84. The fourth-order valence-corrected chi connectivity index (χ4v) is 3.15. The van der Waals surface area contributed by atoms with E-state index in [1.807, 2.05) is 49.4 Å². The van der Waals surface area contributed by atoms with Gasteiger partial charge in [-0.25, -0.2) is 4.79 Å². The Morgan fingerprint density at radius 1 is 1.19 bits per heavy atom. The van der Waals surface area contributed by atoms with E-state index in [-0.39, 0.29) is 6.03 Å². The highest BCUT2D eigenvalue weighted by Gasteiger charge is 2.22. The van der Waals surface area contributed by atoms with Crippen LogP contribution in [-0.2, 0) is 12.8 Å². The molecule has 6 nitrogen and oxygen atoms in total. The molecule has 0 fully saturated rings. The molecule has 0 bridgehead atoms. The van der Waals surface area contributed by atoms with Gasteiger partial charge in [0.2, 0.25) is 11.7 Å². The summed E-state index contributed by atoms with van der Waals surface area (Å²) in [6.45, 7) is 2.69. The molecule has 1 N–H and O–H groups in total. The zero-order chi connectivity index (χ0) is 17.9. The molecule has 0 saturated heterocycles. The van der Waals surface area contributed by atoms with Crippen molar-refractivity contribution in [1.29, 1.82) is 0 Å². The number of nitrogens with one attached hydrogen (secondary N) is 1. The maximum atomic E-state index is 12.7. The van der Waals surface area contributed by atoms with Crippen molar-refractivity contribution >= 4 is 17.4 Å². The molecule has 1 aromatic heterocycles. The number of benzene rings is 2. The smallest absolute Gasteiger partial charge is 0.326 e. The molecular weight excluding hydrogens is 328 g/mol. The first kappa shape index (κ1) is 16.3. The second-order valence-electron chi connectivity index (χ2n) is 6.26. The number of nitrogens with zero attached hydrogens (tertiary/aromatic N) is 3. The molecule has 0 radical (unpaired) electrons. The van der Waals surface area contributed by atoms with E-state index in [0.29, 0.717) is 18.1 Å². The van der Waals surface area contributed by atoms with E-state index < -0.39 is 0 Å². The van der Waals surface area contributed by atoms with Crippen LogP contribution in [0.5, 0.6) is 0 Å². The molecule has 3 aromatic rings. The monoisotopic (exact) mass is 348 g/mol. The maximum absolute atomic E-state index is 12.7. The van der Waals surface area contributed by atoms with Crippen LogP contribution in [-0.4, -0.2) is 22.7 Å². The Hall–Kier alpha value is -3.15. The predicted octanol–water partition coefficient (Wildman–Crippen LogP) is 4.28. The molecule has 4 rings (SSSR count). The second kappa shape index (κ2) is 7.00. The van der Waals surface area contributed by atoms with Crippen LogP contribution < -0.4 is 10.2 Å². The summed E-state index contributed by atoms with van der Waals surface area (Å²) in [5.74, 6) is 1.17. The normalized spacial score (nSPS) is 13.3. The lowest BCUT2D eigenvalue weighted by Crippen LogP contribution is -2.38. The number of amides is 2. The molecule has 0 atom stereocenters. The Balaban J connectivity index is 1.48. The summed E-state index contributed by atoms with van der Waals surface area (Å²) >= 11 is 0. The van der Waals surface area contributed by atoms with Crippen molar-refractivity contribution in [1.82, 2.24) is 10.1 Å². The highest BCUT2D eigenvalue weighted by molar-refractivity contribution is 6.02. The summed E-state index contributed by atoms with van der Waals surface area (Å²) in [4.78, 5) is 18.8. The maximum Gasteiger partial charge on any atom is 0.326 e. The summed E-state index contributed by atoms with van der Waals surface area (Å²) in [6.07, 6.45) is 2.69. The molecule has 2 amide bonds. The van der Waals surface area contributed by atoms with E-state index in [4.69, 9.17) is 4.52 Å². The first-order valence-corrected chi connectivity index (χ1v) is 8.84. The number of aryl methyl sites for hydroxylation is 2. The van der Waals surface area contributed by atoms with Crippen LogP contribution in [0, 0.1) is 0 Å². The molecule has 1 aliphatic rings. The minimum absolute atomic E-state index is 0.113. The van der Waals surface area contributed by atoms with E-state index in [2.05, 4.69) is 21.5 Å². The van der Waals surface area contributed by atoms with Gasteiger partial charge in [-0.2, -0.15) is 4.98 Å². The largest absolute Gasteiger partial charge is 0.339 e. The summed E-state index contributed by atoms with van der Waals surface area (Å²) < 4.78 is 5.14. The number of rotatable bonds is 3. The van der Waals surface area contributed by atoms with Crippen molar-refractivity contribution < 1.29 is 9.32 Å². The zero-order valence-electron chi connectivity index (χ0n) is 14.6. The van der Waals surface area contributed by atoms with Crippen LogP contribution in [0.4, 0.5) is 16.2 Å². The molecule has 2 heterocycles. The first-order chi connectivity index (χ1) is 12.7. The van der Waals surface area contributed by atoms with Crippen molar-refractivity contribution in [3.63, 3.8) is 0 Å². The van der Waals surface area contributed by atoms with Crippen molar-refractivity contribution in [2.24, 2.45) is 0 Å². The molecule has 0 saturated carbocycles. The topological polar surface area (TPSA) is 71.3 Å². The fraction of sp³-hybridized carbons (Fsp3) is 0.250. The van der Waals surface area contributed by atoms with Crippen molar-refractivity contribution in [3.8, 4) is 11.4 Å². The highest BCUT2D eigenvalue weighted by atomic mass is 16.5. The molecule has 0 unspecified atom stereocenters. The minimum atomic E-state index is -0.113. The molecule has 26 heavy (non-hydrogen) atoms. The average Bonchev–Trinajstić information content (AvgIpc) is 3.17. The van der Waals surface area contributed by atoms with Crippen LogP contribution in [0.1, 0.15) is 24.8 Å². The molecule has 132 valence electrons. The van der Waals surface area contributed by atoms with Crippen molar-refractivity contribution in [3.05, 3.63) is 60.0 Å². The van der Waals surface area contributed by atoms with Gasteiger partial charge in [0.1, 0.15) is 0 Å². The van der Waals surface area contributed by atoms with Gasteiger partial charge in [-0.1, -0.05) is 30.3 Å². The average molecular weight is 348 g/mol. The van der Waals surface area contributed by atoms with E-state index in [9.17, 15) is 4.79 Å². The number of fused-ring (bicyclic) bond motifs is 1. The van der Waals surface area contributed by atoms with Gasteiger partial charge in [0, 0.05) is 29.9 Å². The third-order valence-electron chi connectivity index (χ3n) is 4.52. The van der Waals surface area contributed by atoms with E-state index in [0.717, 1.165) is 36.3 Å². The lowest BCUT2D eigenvalue weighted by Gasteiger charge is -2.29. The van der Waals surface area contributed by atoms with Gasteiger partial charge >= 0.3 is 6.03 Å². The molecule has 6 heteroatoms. The van der Waals surface area contributed by atoms with Crippen LogP contribution >= 0.6 is 0 Å². The molecule has 2 aromatic carbocycles. The van der Waals surface area contributed by atoms with Crippen molar-refractivity contribution in [2.75, 3.05) is 16.8 Å². The number of hydrogen-bond donors (Lipinski definition) is 1. The standard InChI is InChI=1S/C20H20N4O2/c1-2-18-22-19(23-26-18)15-9-11-16(12-10-15)21-20(25)24-13-5-7-14-6-3-4-8-17(14)24/h3-4,6,8-12H,2,5,7,13H2,1H3,(H,21,25). The number of anilines is 2. The Bertz CT molecular complexity index is 918. The summed E-state index contributed by atoms with van der Waals surface area (Å²) in [5.41, 5.74) is 3.80. The van der Waals surface area contributed by atoms with Crippen molar-refractivity contribution in [2.45, 2.75) is 26.2 Å². The Kier molecular flexibility index (Phi) is 4.39. The van der Waals surface area contributed by atoms with Crippen LogP contribution in [0.25, 0.3) is 11.4 Å². The summed E-state index contributed by atoms with van der Waals surface area (Å²) in [7, 11) is 0. The van der Waals surface area contributed by atoms with Gasteiger partial charge in [0.05, 0.1) is 0 Å². The molecule has 1 aliphatic heterocycles. The predicted molar refractivity (Wildman–Crippen MR) is 100 cm³/mol. The lowest BCUT2D eigenvalue weighted by molar-refractivity contribution is 0.256. The zero-order valence-corrected chi connectivity index (χ0v) is 14.6. The molecule has 0 spiro atoms. The number of carbonyl (C=O) groups is 1. The molecule has 0 aliphatic carbocycles. The summed E-state index contributed by atoms with van der Waals surface area (Å²) in [5, 5.41) is 6.93. The number of urea groups is 1. The Morgan fingerprint density at radius 2 is 2.00 bits per heavy atom. The van der Waals surface area contributed by atoms with E-state index in [1.165, 1.54) is 5.56 Å². The highest BCUT2D eigenvalue weighted by Crippen LogP contribution is 2.27.